The van der Waals surface area contributed by atoms with Crippen molar-refractivity contribution in [3.05, 3.63) is 75.9 Å². The molecule has 0 aliphatic heterocycles. The van der Waals surface area contributed by atoms with Crippen LogP contribution in [-0.2, 0) is 6.54 Å². The lowest BCUT2D eigenvalue weighted by molar-refractivity contribution is 0.102. The number of benzene rings is 2. The summed E-state index contributed by atoms with van der Waals surface area (Å²) in [6, 6.07) is 15.3. The Morgan fingerprint density at radius 3 is 2.72 bits per heavy atom. The van der Waals surface area contributed by atoms with Crippen molar-refractivity contribution in [3.63, 3.8) is 0 Å². The van der Waals surface area contributed by atoms with Gasteiger partial charge in [-0.1, -0.05) is 35.9 Å². The lowest BCUT2D eigenvalue weighted by Crippen LogP contribution is -2.13. The van der Waals surface area contributed by atoms with Crippen LogP contribution in [-0.4, -0.2) is 22.8 Å². The Morgan fingerprint density at radius 1 is 1.24 bits per heavy atom. The van der Waals surface area contributed by atoms with E-state index in [4.69, 9.17) is 4.74 Å². The molecule has 0 fully saturated rings. The number of methoxy groups -OCH3 is 1. The normalized spacial score (nSPS) is 10.5. The number of carbonyl (C=O) groups is 1. The highest BCUT2D eigenvalue weighted by Gasteiger charge is 2.13. The fraction of sp³-hybridized carbons (Fsp3) is 0.158. The number of hydrogen-bond acceptors (Lipinski definition) is 3. The molecule has 5 nitrogen and oxygen atoms in total. The Labute approximate surface area is 154 Å². The SMILES string of the molecule is COc1cccc(C(=O)Nc2nn(Cc3ccc(C)cc3)cc2Br)c1. The van der Waals surface area contributed by atoms with Gasteiger partial charge in [0.15, 0.2) is 5.82 Å². The molecule has 0 radical (unpaired) electrons. The summed E-state index contributed by atoms with van der Waals surface area (Å²) >= 11 is 3.45. The first kappa shape index (κ1) is 17.2. The highest BCUT2D eigenvalue weighted by molar-refractivity contribution is 9.10. The summed E-state index contributed by atoms with van der Waals surface area (Å²) in [7, 11) is 1.57. The largest absolute Gasteiger partial charge is 0.497 e. The predicted octanol–water partition coefficient (Wildman–Crippen LogP) is 4.26. The third-order valence-electron chi connectivity index (χ3n) is 3.75. The molecule has 3 aromatic rings. The summed E-state index contributed by atoms with van der Waals surface area (Å²) in [5.74, 6) is 0.886. The Hall–Kier alpha value is -2.60. The number of carbonyl (C=O) groups excluding carboxylic acids is 1. The molecule has 1 N–H and O–H groups in total. The number of ether oxygens (including phenoxy) is 1. The minimum absolute atomic E-state index is 0.236. The molecule has 1 aromatic heterocycles. The van der Waals surface area contributed by atoms with Gasteiger partial charge < -0.3 is 10.1 Å². The Balaban J connectivity index is 1.73. The number of anilines is 1. The zero-order chi connectivity index (χ0) is 17.8. The number of halogens is 1. The molecule has 128 valence electrons. The molecule has 0 spiro atoms. The van der Waals surface area contributed by atoms with E-state index in [1.54, 1.807) is 36.1 Å². The van der Waals surface area contributed by atoms with Gasteiger partial charge in [0.2, 0.25) is 0 Å². The lowest BCUT2D eigenvalue weighted by Gasteiger charge is -2.05. The van der Waals surface area contributed by atoms with E-state index in [2.05, 4.69) is 57.5 Å². The summed E-state index contributed by atoms with van der Waals surface area (Å²) in [6.45, 7) is 2.69. The van der Waals surface area contributed by atoms with Crippen molar-refractivity contribution in [2.24, 2.45) is 0 Å². The van der Waals surface area contributed by atoms with E-state index >= 15 is 0 Å². The highest BCUT2D eigenvalue weighted by Crippen LogP contribution is 2.22. The Bertz CT molecular complexity index is 888. The minimum Gasteiger partial charge on any atom is -0.497 e. The molecule has 6 heteroatoms. The molecule has 0 bridgehead atoms. The van der Waals surface area contributed by atoms with Crippen LogP contribution >= 0.6 is 15.9 Å². The molecule has 2 aromatic carbocycles. The summed E-state index contributed by atoms with van der Waals surface area (Å²) in [5.41, 5.74) is 2.88. The molecule has 25 heavy (non-hydrogen) atoms. The summed E-state index contributed by atoms with van der Waals surface area (Å²) < 4.78 is 7.67. The number of nitrogens with zero attached hydrogens (tertiary/aromatic N) is 2. The van der Waals surface area contributed by atoms with Gasteiger partial charge in [-0.3, -0.25) is 9.48 Å². The zero-order valence-electron chi connectivity index (χ0n) is 14.0. The average Bonchev–Trinajstić information content (AvgIpc) is 2.96. The lowest BCUT2D eigenvalue weighted by atomic mass is 10.1. The molecule has 1 heterocycles. The van der Waals surface area contributed by atoms with E-state index < -0.39 is 0 Å². The van der Waals surface area contributed by atoms with E-state index in [-0.39, 0.29) is 5.91 Å². The smallest absolute Gasteiger partial charge is 0.257 e. The van der Waals surface area contributed by atoms with Gasteiger partial charge in [-0.15, -0.1) is 0 Å². The van der Waals surface area contributed by atoms with E-state index in [9.17, 15) is 4.79 Å². The number of aromatic nitrogens is 2. The number of hydrogen-bond donors (Lipinski definition) is 1. The standard InChI is InChI=1S/C19H18BrN3O2/c1-13-6-8-14(9-7-13)11-23-12-17(20)18(22-23)21-19(24)15-4-3-5-16(10-15)25-2/h3-10,12H,11H2,1-2H3,(H,21,22,24). The quantitative estimate of drug-likeness (QED) is 0.696. The fourth-order valence-corrected chi connectivity index (χ4v) is 2.80. The maximum atomic E-state index is 12.4. The van der Waals surface area contributed by atoms with E-state index in [0.29, 0.717) is 23.7 Å². The molecule has 0 aliphatic rings. The number of nitrogens with one attached hydrogen (secondary N) is 1. The van der Waals surface area contributed by atoms with Crippen LogP contribution in [0.1, 0.15) is 21.5 Å². The minimum atomic E-state index is -0.236. The van der Waals surface area contributed by atoms with Gasteiger partial charge in [-0.25, -0.2) is 0 Å². The van der Waals surface area contributed by atoms with Crippen LogP contribution in [0, 0.1) is 6.92 Å². The second-order valence-corrected chi connectivity index (χ2v) is 6.55. The van der Waals surface area contributed by atoms with E-state index in [0.717, 1.165) is 10.0 Å². The number of amides is 1. The second-order valence-electron chi connectivity index (χ2n) is 5.69. The molecule has 0 saturated heterocycles. The van der Waals surface area contributed by atoms with Gasteiger partial charge in [-0.05, 0) is 46.6 Å². The topological polar surface area (TPSA) is 56.1 Å². The van der Waals surface area contributed by atoms with Crippen LogP contribution < -0.4 is 10.1 Å². The summed E-state index contributed by atoms with van der Waals surface area (Å²) in [4.78, 5) is 12.4. The highest BCUT2D eigenvalue weighted by atomic mass is 79.9. The average molecular weight is 400 g/mol. The Morgan fingerprint density at radius 2 is 2.00 bits per heavy atom. The molecular weight excluding hydrogens is 382 g/mol. The van der Waals surface area contributed by atoms with Crippen molar-refractivity contribution in [3.8, 4) is 5.75 Å². The van der Waals surface area contributed by atoms with Gasteiger partial charge in [-0.2, -0.15) is 5.10 Å². The second kappa shape index (κ2) is 7.53. The number of aryl methyl sites for hydroxylation is 1. The predicted molar refractivity (Wildman–Crippen MR) is 101 cm³/mol. The maximum absolute atomic E-state index is 12.4. The fourth-order valence-electron chi connectivity index (χ4n) is 2.39. The van der Waals surface area contributed by atoms with E-state index in [1.165, 1.54) is 5.56 Å². The third-order valence-corrected chi connectivity index (χ3v) is 4.33. The first-order chi connectivity index (χ1) is 12.0. The maximum Gasteiger partial charge on any atom is 0.257 e. The molecule has 1 amide bonds. The first-order valence-corrected chi connectivity index (χ1v) is 8.58. The van der Waals surface area contributed by atoms with Crippen molar-refractivity contribution in [2.75, 3.05) is 12.4 Å². The summed E-state index contributed by atoms with van der Waals surface area (Å²) in [6.07, 6.45) is 1.85. The molecular formula is C19H18BrN3O2. The number of rotatable bonds is 5. The summed E-state index contributed by atoms with van der Waals surface area (Å²) in [5, 5.41) is 7.26. The van der Waals surface area contributed by atoms with Crippen LogP contribution in [0.5, 0.6) is 5.75 Å². The van der Waals surface area contributed by atoms with Crippen molar-refractivity contribution in [2.45, 2.75) is 13.5 Å². The molecule has 0 atom stereocenters. The van der Waals surface area contributed by atoms with Crippen LogP contribution in [0.15, 0.2) is 59.2 Å². The third kappa shape index (κ3) is 4.28. The molecule has 3 rings (SSSR count). The van der Waals surface area contributed by atoms with E-state index in [1.807, 2.05) is 6.20 Å². The first-order valence-electron chi connectivity index (χ1n) is 7.79. The molecule has 0 aliphatic carbocycles. The van der Waals surface area contributed by atoms with Crippen LogP contribution in [0.4, 0.5) is 5.82 Å². The van der Waals surface area contributed by atoms with Crippen molar-refractivity contribution in [1.82, 2.24) is 9.78 Å². The van der Waals surface area contributed by atoms with Gasteiger partial charge in [0, 0.05) is 11.8 Å². The van der Waals surface area contributed by atoms with Crippen LogP contribution in [0.2, 0.25) is 0 Å². The van der Waals surface area contributed by atoms with Crippen molar-refractivity contribution < 1.29 is 9.53 Å². The zero-order valence-corrected chi connectivity index (χ0v) is 15.6. The van der Waals surface area contributed by atoms with Crippen LogP contribution in [0.25, 0.3) is 0 Å². The monoisotopic (exact) mass is 399 g/mol. The van der Waals surface area contributed by atoms with Crippen molar-refractivity contribution in [1.29, 1.82) is 0 Å². The Kier molecular flexibility index (Phi) is 5.19. The van der Waals surface area contributed by atoms with Gasteiger partial charge in [0.25, 0.3) is 5.91 Å². The van der Waals surface area contributed by atoms with Crippen molar-refractivity contribution >= 4 is 27.7 Å². The molecule has 0 saturated carbocycles. The molecule has 0 unspecified atom stereocenters. The van der Waals surface area contributed by atoms with Gasteiger partial charge in [0.1, 0.15) is 5.75 Å². The van der Waals surface area contributed by atoms with Crippen LogP contribution in [0.3, 0.4) is 0 Å². The van der Waals surface area contributed by atoms with Gasteiger partial charge >= 0.3 is 0 Å². The van der Waals surface area contributed by atoms with Gasteiger partial charge in [0.05, 0.1) is 18.1 Å².